The van der Waals surface area contributed by atoms with E-state index in [0.29, 0.717) is 18.1 Å². The minimum absolute atomic E-state index is 0.0842. The zero-order valence-corrected chi connectivity index (χ0v) is 12.7. The molecular weight excluding hydrogens is 343 g/mol. The molecule has 2 aromatic carbocycles. The van der Waals surface area contributed by atoms with E-state index in [1.165, 1.54) is 12.1 Å². The van der Waals surface area contributed by atoms with Crippen molar-refractivity contribution in [1.82, 2.24) is 0 Å². The average Bonchev–Trinajstić information content (AvgIpc) is 2.46. The van der Waals surface area contributed by atoms with Crippen molar-refractivity contribution in [2.45, 2.75) is 6.92 Å². The maximum Gasteiger partial charge on any atom is 0.336 e. The van der Waals surface area contributed by atoms with Gasteiger partial charge in [-0.15, -0.1) is 0 Å². The average molecular weight is 355 g/mol. The van der Waals surface area contributed by atoms with E-state index in [0.717, 1.165) is 0 Å². The summed E-state index contributed by atoms with van der Waals surface area (Å²) >= 11 is 2.93. The SMILES string of the molecule is CCOc1ccccc1Oc1ccc(C(=O)O)c(Br)c1F. The Morgan fingerprint density at radius 2 is 1.86 bits per heavy atom. The van der Waals surface area contributed by atoms with Crippen LogP contribution in [0.5, 0.6) is 17.2 Å². The van der Waals surface area contributed by atoms with Gasteiger partial charge in [0.2, 0.25) is 0 Å². The normalized spacial score (nSPS) is 10.2. The second kappa shape index (κ2) is 6.58. The molecule has 0 saturated carbocycles. The van der Waals surface area contributed by atoms with Gasteiger partial charge in [0.05, 0.1) is 16.6 Å². The number of carbonyl (C=O) groups is 1. The third-order valence-corrected chi connectivity index (χ3v) is 3.42. The van der Waals surface area contributed by atoms with E-state index in [2.05, 4.69) is 15.9 Å². The van der Waals surface area contributed by atoms with Crippen LogP contribution in [0.1, 0.15) is 17.3 Å². The Morgan fingerprint density at radius 1 is 1.19 bits per heavy atom. The summed E-state index contributed by atoms with van der Waals surface area (Å²) in [6, 6.07) is 9.40. The van der Waals surface area contributed by atoms with Gasteiger partial charge in [-0.3, -0.25) is 0 Å². The molecule has 0 fully saturated rings. The first-order valence-electron chi connectivity index (χ1n) is 6.15. The van der Waals surface area contributed by atoms with Crippen LogP contribution in [-0.2, 0) is 0 Å². The molecule has 0 amide bonds. The maximum absolute atomic E-state index is 14.1. The Morgan fingerprint density at radius 3 is 2.48 bits per heavy atom. The first-order chi connectivity index (χ1) is 10.0. The molecule has 1 N–H and O–H groups in total. The molecule has 0 aromatic heterocycles. The molecule has 0 radical (unpaired) electrons. The standard InChI is InChI=1S/C15H12BrFO4/c1-2-20-10-5-3-4-6-11(10)21-12-8-7-9(15(18)19)13(16)14(12)17/h3-8H,2H2,1H3,(H,18,19). The van der Waals surface area contributed by atoms with Gasteiger partial charge < -0.3 is 14.6 Å². The Balaban J connectivity index is 2.37. The molecule has 0 aliphatic heterocycles. The summed E-state index contributed by atoms with van der Waals surface area (Å²) in [6.07, 6.45) is 0. The number of carboxylic acids is 1. The van der Waals surface area contributed by atoms with E-state index < -0.39 is 11.8 Å². The minimum Gasteiger partial charge on any atom is -0.490 e. The number of para-hydroxylation sites is 2. The maximum atomic E-state index is 14.1. The number of benzene rings is 2. The van der Waals surface area contributed by atoms with Crippen LogP contribution in [0, 0.1) is 5.82 Å². The van der Waals surface area contributed by atoms with Gasteiger partial charge in [0.1, 0.15) is 0 Å². The first kappa shape index (κ1) is 15.3. The molecule has 0 atom stereocenters. The summed E-state index contributed by atoms with van der Waals surface area (Å²) in [5.41, 5.74) is -0.169. The third-order valence-electron chi connectivity index (χ3n) is 2.65. The predicted octanol–water partition coefficient (Wildman–Crippen LogP) is 4.48. The van der Waals surface area contributed by atoms with E-state index >= 15 is 0 Å². The van der Waals surface area contributed by atoms with Gasteiger partial charge >= 0.3 is 5.97 Å². The van der Waals surface area contributed by atoms with Gasteiger partial charge in [0.15, 0.2) is 23.1 Å². The van der Waals surface area contributed by atoms with Gasteiger partial charge in [-0.2, -0.15) is 0 Å². The van der Waals surface area contributed by atoms with Crippen LogP contribution in [0.15, 0.2) is 40.9 Å². The van der Waals surface area contributed by atoms with Gasteiger partial charge in [0.25, 0.3) is 0 Å². The van der Waals surface area contributed by atoms with Crippen molar-refractivity contribution in [3.63, 3.8) is 0 Å². The van der Waals surface area contributed by atoms with Crippen LogP contribution in [0.3, 0.4) is 0 Å². The number of aromatic carboxylic acids is 1. The second-order valence-corrected chi connectivity index (χ2v) is 4.82. The molecule has 4 nitrogen and oxygen atoms in total. The largest absolute Gasteiger partial charge is 0.490 e. The zero-order chi connectivity index (χ0) is 15.4. The Kier molecular flexibility index (Phi) is 4.80. The number of hydrogen-bond donors (Lipinski definition) is 1. The van der Waals surface area contributed by atoms with Crippen molar-refractivity contribution in [1.29, 1.82) is 0 Å². The Labute approximate surface area is 129 Å². The van der Waals surface area contributed by atoms with Crippen molar-refractivity contribution < 1.29 is 23.8 Å². The Hall–Kier alpha value is -2.08. The minimum atomic E-state index is -1.22. The molecule has 21 heavy (non-hydrogen) atoms. The van der Waals surface area contributed by atoms with Gasteiger partial charge in [-0.25, -0.2) is 9.18 Å². The molecule has 6 heteroatoms. The van der Waals surface area contributed by atoms with Gasteiger partial charge in [-0.1, -0.05) is 12.1 Å². The predicted molar refractivity (Wildman–Crippen MR) is 78.7 cm³/mol. The van der Waals surface area contributed by atoms with Crippen LogP contribution < -0.4 is 9.47 Å². The van der Waals surface area contributed by atoms with Crippen molar-refractivity contribution in [3.8, 4) is 17.2 Å². The van der Waals surface area contributed by atoms with Crippen LogP contribution in [0.2, 0.25) is 0 Å². The molecule has 0 saturated heterocycles. The fourth-order valence-electron chi connectivity index (χ4n) is 1.70. The monoisotopic (exact) mass is 354 g/mol. The second-order valence-electron chi connectivity index (χ2n) is 4.03. The summed E-state index contributed by atoms with van der Waals surface area (Å²) in [7, 11) is 0. The summed E-state index contributed by atoms with van der Waals surface area (Å²) in [6.45, 7) is 2.28. The van der Waals surface area contributed by atoms with Crippen LogP contribution in [-0.4, -0.2) is 17.7 Å². The van der Waals surface area contributed by atoms with Gasteiger partial charge in [-0.05, 0) is 47.1 Å². The first-order valence-corrected chi connectivity index (χ1v) is 6.94. The summed E-state index contributed by atoms with van der Waals surface area (Å²) < 4.78 is 24.9. The number of halogens is 2. The summed E-state index contributed by atoms with van der Waals surface area (Å²) in [5, 5.41) is 8.93. The highest BCUT2D eigenvalue weighted by atomic mass is 79.9. The molecule has 2 rings (SSSR count). The van der Waals surface area contributed by atoms with Gasteiger partial charge in [0, 0.05) is 0 Å². The van der Waals surface area contributed by atoms with E-state index in [9.17, 15) is 9.18 Å². The third kappa shape index (κ3) is 3.33. The number of hydrogen-bond acceptors (Lipinski definition) is 3. The van der Waals surface area contributed by atoms with E-state index in [1.807, 2.05) is 6.92 Å². The highest BCUT2D eigenvalue weighted by Crippen LogP contribution is 2.35. The van der Waals surface area contributed by atoms with Crippen molar-refractivity contribution in [2.24, 2.45) is 0 Å². The van der Waals surface area contributed by atoms with Crippen molar-refractivity contribution >= 4 is 21.9 Å². The molecule has 2 aromatic rings. The van der Waals surface area contributed by atoms with Crippen molar-refractivity contribution in [2.75, 3.05) is 6.61 Å². The lowest BCUT2D eigenvalue weighted by Crippen LogP contribution is -2.01. The molecule has 0 spiro atoms. The molecule has 0 aliphatic rings. The van der Waals surface area contributed by atoms with Crippen molar-refractivity contribution in [3.05, 3.63) is 52.3 Å². The van der Waals surface area contributed by atoms with E-state index in [4.69, 9.17) is 14.6 Å². The van der Waals surface area contributed by atoms with Crippen LogP contribution >= 0.6 is 15.9 Å². The van der Waals surface area contributed by atoms with E-state index in [-0.39, 0.29) is 15.8 Å². The lowest BCUT2D eigenvalue weighted by Gasteiger charge is -2.12. The molecule has 0 aliphatic carbocycles. The number of carboxylic acid groups (broad SMARTS) is 1. The smallest absolute Gasteiger partial charge is 0.336 e. The van der Waals surface area contributed by atoms with Crippen LogP contribution in [0.4, 0.5) is 4.39 Å². The number of ether oxygens (including phenoxy) is 2. The fraction of sp³-hybridized carbons (Fsp3) is 0.133. The highest BCUT2D eigenvalue weighted by molar-refractivity contribution is 9.10. The molecule has 0 unspecified atom stereocenters. The molecule has 0 bridgehead atoms. The lowest BCUT2D eigenvalue weighted by molar-refractivity contribution is 0.0695. The highest BCUT2D eigenvalue weighted by Gasteiger charge is 2.18. The van der Waals surface area contributed by atoms with Crippen LogP contribution in [0.25, 0.3) is 0 Å². The van der Waals surface area contributed by atoms with E-state index in [1.54, 1.807) is 24.3 Å². The quantitative estimate of drug-likeness (QED) is 0.859. The fourth-order valence-corrected chi connectivity index (χ4v) is 2.20. The molecule has 0 heterocycles. The molecule has 110 valence electrons. The molecular formula is C15H12BrFO4. The lowest BCUT2D eigenvalue weighted by atomic mass is 10.2. The summed E-state index contributed by atoms with van der Waals surface area (Å²) in [5.74, 6) is -1.24. The Bertz CT molecular complexity index is 673. The summed E-state index contributed by atoms with van der Waals surface area (Å²) in [4.78, 5) is 10.9. The number of rotatable bonds is 5. The topological polar surface area (TPSA) is 55.8 Å². The zero-order valence-electron chi connectivity index (χ0n) is 11.1.